The Balaban J connectivity index is 1.40. The third-order valence-corrected chi connectivity index (χ3v) is 4.62. The smallest absolute Gasteiger partial charge is 0.251 e. The summed E-state index contributed by atoms with van der Waals surface area (Å²) in [6.07, 6.45) is 0.119. The van der Waals surface area contributed by atoms with Gasteiger partial charge in [-0.05, 0) is 24.3 Å². The number of anilines is 1. The van der Waals surface area contributed by atoms with Gasteiger partial charge >= 0.3 is 0 Å². The number of carbonyl (C=O) groups is 2. The Morgan fingerprint density at radius 3 is 2.72 bits per heavy atom. The molecule has 1 unspecified atom stereocenters. The number of nitrogens with one attached hydrogen (secondary N) is 1. The van der Waals surface area contributed by atoms with Crippen molar-refractivity contribution in [1.29, 1.82) is 0 Å². The van der Waals surface area contributed by atoms with Crippen molar-refractivity contribution in [2.75, 3.05) is 11.4 Å². The lowest BCUT2D eigenvalue weighted by Gasteiger charge is -2.16. The van der Waals surface area contributed by atoms with E-state index in [9.17, 15) is 18.4 Å². The van der Waals surface area contributed by atoms with Crippen LogP contribution < -0.4 is 10.2 Å². The topological polar surface area (TPSA) is 88.3 Å². The highest BCUT2D eigenvalue weighted by molar-refractivity contribution is 5.96. The summed E-state index contributed by atoms with van der Waals surface area (Å²) < 4.78 is 31.8. The van der Waals surface area contributed by atoms with Crippen LogP contribution in [0.3, 0.4) is 0 Å². The minimum absolute atomic E-state index is 0.0499. The quantitative estimate of drug-likeness (QED) is 0.714. The molecule has 1 fully saturated rings. The molecule has 1 saturated heterocycles. The molecule has 29 heavy (non-hydrogen) atoms. The molecular weight excluding hydrogens is 382 g/mol. The summed E-state index contributed by atoms with van der Waals surface area (Å²) in [6.45, 7) is 0.271. The van der Waals surface area contributed by atoms with Crippen molar-refractivity contribution < 1.29 is 22.9 Å². The van der Waals surface area contributed by atoms with Gasteiger partial charge in [-0.2, -0.15) is 4.98 Å². The number of halogens is 2. The molecule has 0 saturated carbocycles. The number of carbonyl (C=O) groups excluding carboxylic acids is 2. The summed E-state index contributed by atoms with van der Waals surface area (Å²) in [5.74, 6) is -2.32. The van der Waals surface area contributed by atoms with Crippen LogP contribution in [0.2, 0.25) is 0 Å². The largest absolute Gasteiger partial charge is 0.343 e. The number of aromatic nitrogens is 2. The molecule has 4 rings (SSSR count). The number of amides is 2. The van der Waals surface area contributed by atoms with E-state index in [0.717, 1.165) is 12.1 Å². The molecule has 148 valence electrons. The lowest BCUT2D eigenvalue weighted by molar-refractivity contribution is -0.117. The summed E-state index contributed by atoms with van der Waals surface area (Å²) in [5.41, 5.74) is 0.783. The van der Waals surface area contributed by atoms with Gasteiger partial charge in [0.1, 0.15) is 0 Å². The van der Waals surface area contributed by atoms with Gasteiger partial charge < -0.3 is 14.7 Å². The maximum atomic E-state index is 13.5. The number of hydrogen-bond donors (Lipinski definition) is 1. The molecule has 2 heterocycles. The zero-order valence-corrected chi connectivity index (χ0v) is 15.1. The lowest BCUT2D eigenvalue weighted by atomic mass is 10.1. The molecular formula is C20H16F2N4O3. The van der Waals surface area contributed by atoms with Gasteiger partial charge in [-0.1, -0.05) is 23.4 Å². The lowest BCUT2D eigenvalue weighted by Crippen LogP contribution is -2.24. The summed E-state index contributed by atoms with van der Waals surface area (Å²) in [4.78, 5) is 30.0. The van der Waals surface area contributed by atoms with E-state index in [1.54, 1.807) is 24.3 Å². The summed E-state index contributed by atoms with van der Waals surface area (Å²) >= 11 is 0. The van der Waals surface area contributed by atoms with Gasteiger partial charge in [0.15, 0.2) is 17.5 Å². The van der Waals surface area contributed by atoms with Crippen molar-refractivity contribution in [3.63, 3.8) is 0 Å². The second kappa shape index (κ2) is 7.78. The Morgan fingerprint density at radius 1 is 1.17 bits per heavy atom. The van der Waals surface area contributed by atoms with Crippen LogP contribution in [0.1, 0.15) is 34.4 Å². The van der Waals surface area contributed by atoms with Crippen LogP contribution in [-0.4, -0.2) is 28.5 Å². The first-order valence-corrected chi connectivity index (χ1v) is 8.92. The highest BCUT2D eigenvalue weighted by Gasteiger charge is 2.34. The average molecular weight is 398 g/mol. The molecule has 2 aromatic carbocycles. The van der Waals surface area contributed by atoms with E-state index in [1.807, 2.05) is 6.07 Å². The third kappa shape index (κ3) is 3.98. The molecule has 1 aromatic heterocycles. The normalized spacial score (nSPS) is 16.3. The Hall–Kier alpha value is -3.62. The fourth-order valence-corrected chi connectivity index (χ4v) is 3.14. The standard InChI is InChI=1S/C20H16F2N4O3/c21-15-7-6-14(9-16(15)22)26-11-13(8-18(26)27)19-24-17(29-25-19)10-23-20(28)12-4-2-1-3-5-12/h1-7,9,13H,8,10-11H2,(H,23,28). The van der Waals surface area contributed by atoms with Gasteiger partial charge in [-0.25, -0.2) is 8.78 Å². The van der Waals surface area contributed by atoms with Crippen LogP contribution >= 0.6 is 0 Å². The number of rotatable bonds is 5. The maximum absolute atomic E-state index is 13.5. The minimum atomic E-state index is -1.02. The van der Waals surface area contributed by atoms with Crippen LogP contribution in [0.4, 0.5) is 14.5 Å². The van der Waals surface area contributed by atoms with E-state index < -0.39 is 11.6 Å². The number of nitrogens with zero attached hydrogens (tertiary/aromatic N) is 3. The van der Waals surface area contributed by atoms with E-state index in [4.69, 9.17) is 4.52 Å². The zero-order chi connectivity index (χ0) is 20.4. The van der Waals surface area contributed by atoms with Crippen molar-refractivity contribution in [3.8, 4) is 0 Å². The van der Waals surface area contributed by atoms with Crippen LogP contribution in [0.5, 0.6) is 0 Å². The van der Waals surface area contributed by atoms with Gasteiger partial charge in [-0.3, -0.25) is 9.59 Å². The second-order valence-corrected chi connectivity index (χ2v) is 6.60. The van der Waals surface area contributed by atoms with Gasteiger partial charge in [0.05, 0.1) is 6.54 Å². The molecule has 7 nitrogen and oxygen atoms in total. The number of hydrogen-bond acceptors (Lipinski definition) is 5. The molecule has 0 aliphatic carbocycles. The molecule has 1 aliphatic heterocycles. The summed E-state index contributed by atoms with van der Waals surface area (Å²) in [7, 11) is 0. The molecule has 0 bridgehead atoms. The monoisotopic (exact) mass is 398 g/mol. The molecule has 1 N–H and O–H groups in total. The van der Waals surface area contributed by atoms with E-state index in [2.05, 4.69) is 15.5 Å². The minimum Gasteiger partial charge on any atom is -0.343 e. The molecule has 3 aromatic rings. The fraction of sp³-hybridized carbons (Fsp3) is 0.200. The van der Waals surface area contributed by atoms with Crippen molar-refractivity contribution in [2.45, 2.75) is 18.9 Å². The van der Waals surface area contributed by atoms with E-state index in [1.165, 1.54) is 11.0 Å². The Bertz CT molecular complexity index is 1050. The van der Waals surface area contributed by atoms with E-state index >= 15 is 0 Å². The molecule has 0 radical (unpaired) electrons. The summed E-state index contributed by atoms with van der Waals surface area (Å²) in [6, 6.07) is 12.0. The maximum Gasteiger partial charge on any atom is 0.251 e. The zero-order valence-electron chi connectivity index (χ0n) is 15.1. The van der Waals surface area contributed by atoms with E-state index in [0.29, 0.717) is 11.4 Å². The van der Waals surface area contributed by atoms with Crippen LogP contribution in [0.15, 0.2) is 53.1 Å². The van der Waals surface area contributed by atoms with Crippen molar-refractivity contribution in [2.24, 2.45) is 0 Å². The van der Waals surface area contributed by atoms with Gasteiger partial charge in [-0.15, -0.1) is 0 Å². The van der Waals surface area contributed by atoms with Crippen LogP contribution in [0.25, 0.3) is 0 Å². The highest BCUT2D eigenvalue weighted by atomic mass is 19.2. The van der Waals surface area contributed by atoms with Crippen LogP contribution in [0, 0.1) is 11.6 Å². The fourth-order valence-electron chi connectivity index (χ4n) is 3.14. The van der Waals surface area contributed by atoms with Crippen LogP contribution in [-0.2, 0) is 11.3 Å². The van der Waals surface area contributed by atoms with Gasteiger partial charge in [0, 0.05) is 36.2 Å². The predicted molar refractivity (Wildman–Crippen MR) is 98.0 cm³/mol. The molecule has 1 aliphatic rings. The SMILES string of the molecule is O=C(NCc1nc(C2CC(=O)N(c3ccc(F)c(F)c3)C2)no1)c1ccccc1. The first-order valence-electron chi connectivity index (χ1n) is 8.92. The Morgan fingerprint density at radius 2 is 1.97 bits per heavy atom. The second-order valence-electron chi connectivity index (χ2n) is 6.60. The van der Waals surface area contributed by atoms with Crippen molar-refractivity contribution in [1.82, 2.24) is 15.5 Å². The van der Waals surface area contributed by atoms with Gasteiger partial charge in [0.2, 0.25) is 11.8 Å². The molecule has 2 amide bonds. The highest BCUT2D eigenvalue weighted by Crippen LogP contribution is 2.31. The Kier molecular flexibility index (Phi) is 5.03. The van der Waals surface area contributed by atoms with Gasteiger partial charge in [0.25, 0.3) is 5.91 Å². The first-order chi connectivity index (χ1) is 14.0. The third-order valence-electron chi connectivity index (χ3n) is 4.62. The number of benzene rings is 2. The first kappa shape index (κ1) is 18.7. The predicted octanol–water partition coefficient (Wildman–Crippen LogP) is 2.80. The van der Waals surface area contributed by atoms with Crippen molar-refractivity contribution >= 4 is 17.5 Å². The average Bonchev–Trinajstić information content (AvgIpc) is 3.35. The molecule has 0 spiro atoms. The molecule has 1 atom stereocenters. The molecule has 9 heteroatoms. The van der Waals surface area contributed by atoms with Crippen molar-refractivity contribution in [3.05, 3.63) is 77.4 Å². The summed E-state index contributed by atoms with van der Waals surface area (Å²) in [5, 5.41) is 6.58. The Labute approximate surface area is 164 Å². The van der Waals surface area contributed by atoms with E-state index in [-0.39, 0.29) is 48.8 Å².